The number of halogens is 2. The number of fused-ring (bicyclic) bond motifs is 1. The fourth-order valence-electron chi connectivity index (χ4n) is 1.95. The SMILES string of the molecule is O=c1oc(-c2ccc([N+](=O)[O-])cc2Cl)nc2ccc(I)cc12. The molecule has 0 aliphatic heterocycles. The number of hydrogen-bond acceptors (Lipinski definition) is 5. The molecular weight excluding hydrogens is 423 g/mol. The van der Waals surface area contributed by atoms with Crippen LogP contribution >= 0.6 is 34.2 Å². The average Bonchev–Trinajstić information content (AvgIpc) is 2.47. The van der Waals surface area contributed by atoms with E-state index in [0.717, 1.165) is 3.57 Å². The van der Waals surface area contributed by atoms with Crippen LogP contribution < -0.4 is 5.63 Å². The Bertz CT molecular complexity index is 971. The Balaban J connectivity index is 2.21. The van der Waals surface area contributed by atoms with E-state index in [1.54, 1.807) is 12.1 Å². The predicted octanol–water partition coefficient (Wildman–Crippen LogP) is 4.02. The molecule has 3 rings (SSSR count). The third kappa shape index (κ3) is 2.69. The summed E-state index contributed by atoms with van der Waals surface area (Å²) in [7, 11) is 0. The molecule has 0 bridgehead atoms. The van der Waals surface area contributed by atoms with Gasteiger partial charge in [-0.05, 0) is 46.9 Å². The average molecular weight is 429 g/mol. The predicted molar refractivity (Wildman–Crippen MR) is 90.1 cm³/mol. The highest BCUT2D eigenvalue weighted by atomic mass is 127. The maximum atomic E-state index is 12.1. The maximum absolute atomic E-state index is 12.1. The second kappa shape index (κ2) is 5.65. The van der Waals surface area contributed by atoms with Crippen LogP contribution in [0.25, 0.3) is 22.4 Å². The van der Waals surface area contributed by atoms with Crippen LogP contribution in [0.3, 0.4) is 0 Å². The first-order valence-electron chi connectivity index (χ1n) is 6.00. The van der Waals surface area contributed by atoms with Crippen LogP contribution in [0.2, 0.25) is 5.02 Å². The van der Waals surface area contributed by atoms with Gasteiger partial charge in [-0.15, -0.1) is 0 Å². The van der Waals surface area contributed by atoms with Crippen molar-refractivity contribution in [3.63, 3.8) is 0 Å². The summed E-state index contributed by atoms with van der Waals surface area (Å²) in [6, 6.07) is 9.07. The van der Waals surface area contributed by atoms with E-state index < -0.39 is 10.5 Å². The number of nitro groups is 1. The Labute approximate surface area is 142 Å². The molecule has 3 aromatic rings. The van der Waals surface area contributed by atoms with Gasteiger partial charge in [0.25, 0.3) is 5.69 Å². The zero-order valence-corrected chi connectivity index (χ0v) is 13.7. The summed E-state index contributed by atoms with van der Waals surface area (Å²) in [5.41, 5.74) is 0.116. The lowest BCUT2D eigenvalue weighted by Gasteiger charge is -2.04. The van der Waals surface area contributed by atoms with Crippen LogP contribution in [0.5, 0.6) is 0 Å². The van der Waals surface area contributed by atoms with Crippen molar-refractivity contribution in [2.24, 2.45) is 0 Å². The van der Waals surface area contributed by atoms with Gasteiger partial charge in [0.1, 0.15) is 0 Å². The molecule has 0 saturated heterocycles. The number of hydrogen-bond donors (Lipinski definition) is 0. The third-order valence-electron chi connectivity index (χ3n) is 2.98. The second-order valence-electron chi connectivity index (χ2n) is 4.39. The second-order valence-corrected chi connectivity index (χ2v) is 6.04. The standard InChI is InChI=1S/C14H6ClIN2O4/c15-11-6-8(18(20)21)2-3-9(11)13-17-12-4-1-7(16)5-10(12)14(19)22-13/h1-6H. The van der Waals surface area contributed by atoms with Gasteiger partial charge in [-0.25, -0.2) is 9.78 Å². The van der Waals surface area contributed by atoms with Crippen LogP contribution in [0.4, 0.5) is 5.69 Å². The summed E-state index contributed by atoms with van der Waals surface area (Å²) < 4.78 is 6.08. The van der Waals surface area contributed by atoms with Crippen molar-refractivity contribution in [1.82, 2.24) is 4.98 Å². The molecule has 0 amide bonds. The highest BCUT2D eigenvalue weighted by molar-refractivity contribution is 14.1. The zero-order valence-electron chi connectivity index (χ0n) is 10.7. The lowest BCUT2D eigenvalue weighted by Crippen LogP contribution is -2.03. The number of nitro benzene ring substituents is 1. The van der Waals surface area contributed by atoms with E-state index in [2.05, 4.69) is 27.6 Å². The van der Waals surface area contributed by atoms with E-state index >= 15 is 0 Å². The Morgan fingerprint density at radius 2 is 2.00 bits per heavy atom. The Hall–Kier alpha value is -2.00. The van der Waals surface area contributed by atoms with Crippen molar-refractivity contribution in [2.45, 2.75) is 0 Å². The van der Waals surface area contributed by atoms with Crippen molar-refractivity contribution in [2.75, 3.05) is 0 Å². The molecule has 0 aliphatic carbocycles. The van der Waals surface area contributed by atoms with Gasteiger partial charge in [0.05, 0.1) is 26.4 Å². The fourth-order valence-corrected chi connectivity index (χ4v) is 2.70. The smallest absolute Gasteiger partial charge is 0.347 e. The summed E-state index contributed by atoms with van der Waals surface area (Å²) in [5, 5.41) is 11.2. The topological polar surface area (TPSA) is 86.2 Å². The van der Waals surface area contributed by atoms with Crippen LogP contribution in [0, 0.1) is 13.7 Å². The lowest BCUT2D eigenvalue weighted by atomic mass is 10.2. The normalized spacial score (nSPS) is 10.8. The highest BCUT2D eigenvalue weighted by Gasteiger charge is 2.15. The van der Waals surface area contributed by atoms with E-state index in [1.807, 2.05) is 6.07 Å². The molecule has 8 heteroatoms. The van der Waals surface area contributed by atoms with E-state index in [1.165, 1.54) is 18.2 Å². The Morgan fingerprint density at radius 3 is 2.68 bits per heavy atom. The summed E-state index contributed by atoms with van der Waals surface area (Å²) in [6.07, 6.45) is 0. The van der Waals surface area contributed by atoms with E-state index in [9.17, 15) is 14.9 Å². The number of aromatic nitrogens is 1. The van der Waals surface area contributed by atoms with Crippen LogP contribution in [-0.2, 0) is 0 Å². The van der Waals surface area contributed by atoms with E-state index in [-0.39, 0.29) is 16.6 Å². The molecule has 0 unspecified atom stereocenters. The number of non-ortho nitro benzene ring substituents is 1. The van der Waals surface area contributed by atoms with Crippen LogP contribution in [0.1, 0.15) is 0 Å². The first kappa shape index (κ1) is 14.9. The van der Waals surface area contributed by atoms with Gasteiger partial charge in [-0.3, -0.25) is 10.1 Å². The lowest BCUT2D eigenvalue weighted by molar-refractivity contribution is -0.384. The molecule has 0 spiro atoms. The van der Waals surface area contributed by atoms with Crippen molar-refractivity contribution >= 4 is 50.8 Å². The molecular formula is C14H6ClIN2O4. The minimum atomic E-state index is -0.554. The zero-order chi connectivity index (χ0) is 15.9. The molecule has 0 N–H and O–H groups in total. The fraction of sp³-hybridized carbons (Fsp3) is 0. The van der Waals surface area contributed by atoms with Crippen molar-refractivity contribution < 1.29 is 9.34 Å². The highest BCUT2D eigenvalue weighted by Crippen LogP contribution is 2.30. The molecule has 0 radical (unpaired) electrons. The van der Waals surface area contributed by atoms with Gasteiger partial charge < -0.3 is 4.42 Å². The number of nitrogens with zero attached hydrogens (tertiary/aromatic N) is 2. The molecule has 0 saturated carbocycles. The minimum absolute atomic E-state index is 0.0265. The molecule has 0 atom stereocenters. The first-order chi connectivity index (χ1) is 10.5. The largest absolute Gasteiger partial charge is 0.403 e. The van der Waals surface area contributed by atoms with Gasteiger partial charge in [0.2, 0.25) is 5.89 Å². The van der Waals surface area contributed by atoms with Crippen molar-refractivity contribution in [1.29, 1.82) is 0 Å². The minimum Gasteiger partial charge on any atom is -0.403 e. The molecule has 110 valence electrons. The van der Waals surface area contributed by atoms with Gasteiger partial charge >= 0.3 is 5.63 Å². The molecule has 2 aromatic carbocycles. The van der Waals surface area contributed by atoms with E-state index in [0.29, 0.717) is 16.5 Å². The molecule has 22 heavy (non-hydrogen) atoms. The van der Waals surface area contributed by atoms with Crippen LogP contribution in [0.15, 0.2) is 45.6 Å². The van der Waals surface area contributed by atoms with Crippen LogP contribution in [-0.4, -0.2) is 9.91 Å². The van der Waals surface area contributed by atoms with Crippen molar-refractivity contribution in [3.05, 3.63) is 65.5 Å². The quantitative estimate of drug-likeness (QED) is 0.350. The van der Waals surface area contributed by atoms with Crippen molar-refractivity contribution in [3.8, 4) is 11.5 Å². The maximum Gasteiger partial charge on any atom is 0.347 e. The molecule has 1 aromatic heterocycles. The molecule has 0 aliphatic rings. The van der Waals surface area contributed by atoms with Gasteiger partial charge in [-0.1, -0.05) is 11.6 Å². The first-order valence-corrected chi connectivity index (χ1v) is 7.46. The van der Waals surface area contributed by atoms with Gasteiger partial charge in [-0.2, -0.15) is 0 Å². The molecule has 1 heterocycles. The van der Waals surface area contributed by atoms with Gasteiger partial charge in [0.15, 0.2) is 0 Å². The number of benzene rings is 2. The Morgan fingerprint density at radius 1 is 1.23 bits per heavy atom. The summed E-state index contributed by atoms with van der Waals surface area (Å²) >= 11 is 8.12. The van der Waals surface area contributed by atoms with E-state index in [4.69, 9.17) is 16.0 Å². The summed E-state index contributed by atoms with van der Waals surface area (Å²) in [6.45, 7) is 0. The molecule has 0 fully saturated rings. The number of rotatable bonds is 2. The third-order valence-corrected chi connectivity index (χ3v) is 3.97. The summed E-state index contributed by atoms with van der Waals surface area (Å²) in [4.78, 5) is 26.5. The van der Waals surface area contributed by atoms with Gasteiger partial charge in [0, 0.05) is 15.7 Å². The molecule has 6 nitrogen and oxygen atoms in total. The Kier molecular flexibility index (Phi) is 3.83. The summed E-state index contributed by atoms with van der Waals surface area (Å²) in [5.74, 6) is 0.0265. The monoisotopic (exact) mass is 428 g/mol.